The molecule has 0 bridgehead atoms. The van der Waals surface area contributed by atoms with Crippen molar-refractivity contribution in [1.82, 2.24) is 0 Å². The minimum atomic E-state index is -0.856. The Hall–Kier alpha value is -1.72. The zero-order valence-electron chi connectivity index (χ0n) is 14.3. The van der Waals surface area contributed by atoms with Gasteiger partial charge in [-0.3, -0.25) is 5.26 Å². The highest BCUT2D eigenvalue weighted by Crippen LogP contribution is 2.48. The lowest BCUT2D eigenvalue weighted by Crippen LogP contribution is -2.50. The fraction of sp³-hybridized carbons (Fsp3) is 0.400. The molecule has 0 aromatic heterocycles. The van der Waals surface area contributed by atoms with Crippen LogP contribution in [0, 0.1) is 0 Å². The van der Waals surface area contributed by atoms with Gasteiger partial charge in [0.1, 0.15) is 17.3 Å². The quantitative estimate of drug-likeness (QED) is 0.654. The first-order valence-electron chi connectivity index (χ1n) is 8.25. The maximum Gasteiger partial charge on any atom is 0.133 e. The molecule has 2 unspecified atom stereocenters. The van der Waals surface area contributed by atoms with Crippen LogP contribution in [-0.2, 0) is 20.3 Å². The lowest BCUT2D eigenvalue weighted by atomic mass is 9.73. The molecule has 0 spiro atoms. The Morgan fingerprint density at radius 3 is 2.21 bits per heavy atom. The third-order valence-electron chi connectivity index (χ3n) is 5.01. The fourth-order valence-electron chi connectivity index (χ4n) is 3.31. The third-order valence-corrected chi connectivity index (χ3v) is 5.01. The van der Waals surface area contributed by atoms with E-state index in [0.717, 1.165) is 5.56 Å². The molecule has 4 nitrogen and oxygen atoms in total. The van der Waals surface area contributed by atoms with Gasteiger partial charge in [0.25, 0.3) is 0 Å². The lowest BCUT2D eigenvalue weighted by molar-refractivity contribution is -0.456. The maximum atomic E-state index is 9.21. The van der Waals surface area contributed by atoms with Crippen molar-refractivity contribution in [3.05, 3.63) is 71.8 Å². The molecule has 1 aliphatic rings. The summed E-state index contributed by atoms with van der Waals surface area (Å²) in [5.41, 5.74) is 0.751. The van der Waals surface area contributed by atoms with Gasteiger partial charge in [-0.25, -0.2) is 14.7 Å². The van der Waals surface area contributed by atoms with Crippen molar-refractivity contribution in [1.29, 1.82) is 0 Å². The molecular formula is C20H24O4. The van der Waals surface area contributed by atoms with E-state index in [1.54, 1.807) is 13.8 Å². The van der Waals surface area contributed by atoms with Crippen molar-refractivity contribution in [3.8, 4) is 0 Å². The molecule has 0 amide bonds. The Morgan fingerprint density at radius 2 is 1.62 bits per heavy atom. The summed E-state index contributed by atoms with van der Waals surface area (Å²) >= 11 is 0. The van der Waals surface area contributed by atoms with Crippen LogP contribution in [0.15, 0.2) is 60.7 Å². The lowest BCUT2D eigenvalue weighted by Gasteiger charge is -2.46. The molecule has 2 aromatic rings. The first-order chi connectivity index (χ1) is 11.5. The zero-order valence-corrected chi connectivity index (χ0v) is 14.3. The molecule has 1 saturated heterocycles. The summed E-state index contributed by atoms with van der Waals surface area (Å²) in [6.07, 6.45) is 0.285. The summed E-state index contributed by atoms with van der Waals surface area (Å²) < 4.78 is 0. The molecule has 1 heterocycles. The highest BCUT2D eigenvalue weighted by atomic mass is 17.2. The van der Waals surface area contributed by atoms with Gasteiger partial charge < -0.3 is 0 Å². The van der Waals surface area contributed by atoms with Crippen LogP contribution in [0.3, 0.4) is 0 Å². The largest absolute Gasteiger partial charge is 0.251 e. The molecule has 4 heteroatoms. The predicted octanol–water partition coefficient (Wildman–Crippen LogP) is 4.67. The molecule has 24 heavy (non-hydrogen) atoms. The Labute approximate surface area is 142 Å². The molecule has 1 fully saturated rings. The van der Waals surface area contributed by atoms with Crippen LogP contribution in [0.2, 0.25) is 0 Å². The molecule has 128 valence electrons. The summed E-state index contributed by atoms with van der Waals surface area (Å²) in [4.78, 5) is 16.2. The average molecular weight is 328 g/mol. The van der Waals surface area contributed by atoms with E-state index >= 15 is 0 Å². The molecule has 2 aromatic carbocycles. The van der Waals surface area contributed by atoms with Crippen molar-refractivity contribution >= 4 is 0 Å². The molecule has 1 N–H and O–H groups in total. The van der Waals surface area contributed by atoms with E-state index in [1.165, 1.54) is 5.56 Å². The van der Waals surface area contributed by atoms with Gasteiger partial charge in [-0.05, 0) is 38.3 Å². The molecule has 3 atom stereocenters. The van der Waals surface area contributed by atoms with E-state index in [1.807, 2.05) is 55.5 Å². The monoisotopic (exact) mass is 328 g/mol. The molecule has 0 aliphatic carbocycles. The first-order valence-corrected chi connectivity index (χ1v) is 8.25. The van der Waals surface area contributed by atoms with Crippen molar-refractivity contribution in [2.75, 3.05) is 0 Å². The Morgan fingerprint density at radius 1 is 1.04 bits per heavy atom. The Kier molecular flexibility index (Phi) is 4.74. The zero-order chi connectivity index (χ0) is 17.2. The van der Waals surface area contributed by atoms with Gasteiger partial charge in [0.15, 0.2) is 0 Å². The number of hydrogen-bond acceptors (Lipinski definition) is 4. The first kappa shape index (κ1) is 17.1. The molecular weight excluding hydrogens is 304 g/mol. The van der Waals surface area contributed by atoms with E-state index < -0.39 is 11.2 Å². The minimum Gasteiger partial charge on any atom is -0.251 e. The van der Waals surface area contributed by atoms with Gasteiger partial charge in [0, 0.05) is 5.92 Å². The summed E-state index contributed by atoms with van der Waals surface area (Å²) in [6, 6.07) is 20.3. The van der Waals surface area contributed by atoms with E-state index in [4.69, 9.17) is 9.78 Å². The Balaban J connectivity index is 2.00. The molecule has 0 radical (unpaired) electrons. The summed E-state index contributed by atoms with van der Waals surface area (Å²) in [7, 11) is 0. The van der Waals surface area contributed by atoms with Crippen molar-refractivity contribution < 1.29 is 19.9 Å². The van der Waals surface area contributed by atoms with E-state index in [0.29, 0.717) is 6.42 Å². The minimum absolute atomic E-state index is 0.0641. The Bertz CT molecular complexity index is 656. The molecule has 3 rings (SSSR count). The topological polar surface area (TPSA) is 47.9 Å². The van der Waals surface area contributed by atoms with Crippen LogP contribution in [0.1, 0.15) is 44.2 Å². The normalized spacial score (nSPS) is 27.8. The summed E-state index contributed by atoms with van der Waals surface area (Å²) in [5, 5.41) is 9.21. The van der Waals surface area contributed by atoms with Crippen molar-refractivity contribution in [2.45, 2.75) is 50.4 Å². The van der Waals surface area contributed by atoms with Crippen molar-refractivity contribution in [2.24, 2.45) is 0 Å². The van der Waals surface area contributed by atoms with Crippen LogP contribution in [0.4, 0.5) is 0 Å². The second kappa shape index (κ2) is 6.65. The van der Waals surface area contributed by atoms with Crippen molar-refractivity contribution in [3.63, 3.8) is 0 Å². The van der Waals surface area contributed by atoms with Crippen LogP contribution < -0.4 is 0 Å². The van der Waals surface area contributed by atoms with Gasteiger partial charge in [-0.2, -0.15) is 0 Å². The van der Waals surface area contributed by atoms with Crippen LogP contribution >= 0.6 is 0 Å². The number of hydrogen-bond donors (Lipinski definition) is 1. The van der Waals surface area contributed by atoms with Gasteiger partial charge >= 0.3 is 0 Å². The maximum absolute atomic E-state index is 9.21. The highest BCUT2D eigenvalue weighted by Gasteiger charge is 2.49. The van der Waals surface area contributed by atoms with Gasteiger partial charge in [0.2, 0.25) is 0 Å². The predicted molar refractivity (Wildman–Crippen MR) is 91.3 cm³/mol. The highest BCUT2D eigenvalue weighted by molar-refractivity contribution is 5.31. The SMILES string of the molecule is CC(C)(OO)C1CC(c2ccccc2)[C@](C)(c2ccccc2)OO1. The van der Waals surface area contributed by atoms with Crippen LogP contribution in [0.25, 0.3) is 0 Å². The number of benzene rings is 2. The summed E-state index contributed by atoms with van der Waals surface area (Å²) in [5.74, 6) is 0.0641. The van der Waals surface area contributed by atoms with Gasteiger partial charge in [0.05, 0.1) is 0 Å². The smallest absolute Gasteiger partial charge is 0.133 e. The van der Waals surface area contributed by atoms with Crippen LogP contribution in [-0.4, -0.2) is 17.0 Å². The fourth-order valence-corrected chi connectivity index (χ4v) is 3.31. The van der Waals surface area contributed by atoms with Gasteiger partial charge in [-0.1, -0.05) is 60.7 Å². The second-order valence-electron chi connectivity index (χ2n) is 7.03. The summed E-state index contributed by atoms with van der Waals surface area (Å²) in [6.45, 7) is 5.62. The van der Waals surface area contributed by atoms with E-state index in [9.17, 15) is 5.26 Å². The third kappa shape index (κ3) is 3.10. The second-order valence-corrected chi connectivity index (χ2v) is 7.03. The average Bonchev–Trinajstić information content (AvgIpc) is 2.63. The molecule has 1 aliphatic heterocycles. The number of rotatable bonds is 4. The van der Waals surface area contributed by atoms with Crippen LogP contribution in [0.5, 0.6) is 0 Å². The van der Waals surface area contributed by atoms with E-state index in [2.05, 4.69) is 17.0 Å². The van der Waals surface area contributed by atoms with Gasteiger partial charge in [-0.15, -0.1) is 0 Å². The standard InChI is InChI=1S/C20H24O4/c1-19(2,23-21)18-14-17(15-10-6-4-7-11-15)20(3,24-22-18)16-12-8-5-9-13-16/h4-13,17-18,21H,14H2,1-3H3/t17?,18?,20-/m0/s1. The molecule has 0 saturated carbocycles. The van der Waals surface area contributed by atoms with E-state index in [-0.39, 0.29) is 12.0 Å².